The second-order valence-corrected chi connectivity index (χ2v) is 6.50. The Morgan fingerprint density at radius 1 is 1.20 bits per heavy atom. The summed E-state index contributed by atoms with van der Waals surface area (Å²) in [5.41, 5.74) is 2.10. The first-order chi connectivity index (χ1) is 12.2. The molecule has 0 radical (unpaired) electrons. The van der Waals surface area contributed by atoms with Gasteiger partial charge in [-0.05, 0) is 29.8 Å². The topological polar surface area (TPSA) is 59.8 Å². The van der Waals surface area contributed by atoms with Crippen molar-refractivity contribution in [3.63, 3.8) is 0 Å². The van der Waals surface area contributed by atoms with Gasteiger partial charge in [-0.25, -0.2) is 14.1 Å². The van der Waals surface area contributed by atoms with Crippen LogP contribution in [-0.4, -0.2) is 20.7 Å². The van der Waals surface area contributed by atoms with E-state index in [1.165, 1.54) is 23.5 Å². The molecule has 7 heteroatoms. The van der Waals surface area contributed by atoms with Gasteiger partial charge in [-0.15, -0.1) is 0 Å². The standard InChI is InChI=1S/C18H13FN4OS/c19-13-5-3-4-12(8-13)9-17(24)21-14-10-20-23(11-14)18-22-15-6-1-2-7-16(15)25-18/h1-8,10-11H,9H2,(H,21,24). The normalized spacial score (nSPS) is 10.9. The zero-order valence-electron chi connectivity index (χ0n) is 13.0. The molecule has 124 valence electrons. The summed E-state index contributed by atoms with van der Waals surface area (Å²) >= 11 is 1.52. The minimum Gasteiger partial charge on any atom is -0.323 e. The summed E-state index contributed by atoms with van der Waals surface area (Å²) in [6.45, 7) is 0. The van der Waals surface area contributed by atoms with Gasteiger partial charge in [-0.3, -0.25) is 4.79 Å². The summed E-state index contributed by atoms with van der Waals surface area (Å²) in [6, 6.07) is 13.9. The maximum absolute atomic E-state index is 13.2. The van der Waals surface area contributed by atoms with E-state index in [9.17, 15) is 9.18 Å². The van der Waals surface area contributed by atoms with Gasteiger partial charge in [0.1, 0.15) is 5.82 Å². The molecule has 0 aliphatic rings. The minimum absolute atomic E-state index is 0.101. The van der Waals surface area contributed by atoms with Crippen molar-refractivity contribution in [3.05, 3.63) is 72.3 Å². The Balaban J connectivity index is 1.48. The van der Waals surface area contributed by atoms with Crippen LogP contribution >= 0.6 is 11.3 Å². The molecule has 1 N–H and O–H groups in total. The van der Waals surface area contributed by atoms with Crippen molar-refractivity contribution < 1.29 is 9.18 Å². The molecule has 0 saturated heterocycles. The number of carbonyl (C=O) groups is 1. The molecule has 0 aliphatic carbocycles. The predicted molar refractivity (Wildman–Crippen MR) is 95.5 cm³/mol. The van der Waals surface area contributed by atoms with Gasteiger partial charge in [0.25, 0.3) is 0 Å². The average molecular weight is 352 g/mol. The Bertz CT molecular complexity index is 1020. The van der Waals surface area contributed by atoms with Gasteiger partial charge in [-0.2, -0.15) is 5.10 Å². The van der Waals surface area contributed by atoms with Gasteiger partial charge in [0, 0.05) is 0 Å². The zero-order valence-corrected chi connectivity index (χ0v) is 13.8. The van der Waals surface area contributed by atoms with Crippen LogP contribution in [0.15, 0.2) is 60.9 Å². The number of amides is 1. The molecule has 0 bridgehead atoms. The predicted octanol–water partition coefficient (Wildman–Crippen LogP) is 3.80. The Labute approximate surface area is 146 Å². The number of anilines is 1. The van der Waals surface area contributed by atoms with E-state index in [1.807, 2.05) is 24.3 Å². The summed E-state index contributed by atoms with van der Waals surface area (Å²) in [7, 11) is 0. The van der Waals surface area contributed by atoms with Crippen LogP contribution in [0.4, 0.5) is 10.1 Å². The molecule has 0 spiro atoms. The van der Waals surface area contributed by atoms with Gasteiger partial charge in [-0.1, -0.05) is 35.6 Å². The number of nitrogens with zero attached hydrogens (tertiary/aromatic N) is 3. The van der Waals surface area contributed by atoms with Crippen LogP contribution in [0.1, 0.15) is 5.56 Å². The lowest BCUT2D eigenvalue weighted by atomic mass is 10.1. The molecular weight excluding hydrogens is 339 g/mol. The lowest BCUT2D eigenvalue weighted by Crippen LogP contribution is -2.14. The third kappa shape index (κ3) is 3.41. The van der Waals surface area contributed by atoms with Crippen molar-refractivity contribution in [2.24, 2.45) is 0 Å². The molecular formula is C18H13FN4OS. The molecule has 0 fully saturated rings. The first kappa shape index (κ1) is 15.5. The highest BCUT2D eigenvalue weighted by molar-refractivity contribution is 7.20. The maximum atomic E-state index is 13.2. The first-order valence-corrected chi connectivity index (χ1v) is 8.44. The van der Waals surface area contributed by atoms with E-state index in [-0.39, 0.29) is 18.1 Å². The van der Waals surface area contributed by atoms with E-state index in [0.29, 0.717) is 11.3 Å². The summed E-state index contributed by atoms with van der Waals surface area (Å²) in [6.07, 6.45) is 3.38. The molecule has 25 heavy (non-hydrogen) atoms. The second kappa shape index (κ2) is 6.45. The molecule has 5 nitrogen and oxygen atoms in total. The second-order valence-electron chi connectivity index (χ2n) is 5.49. The van der Waals surface area contributed by atoms with Crippen molar-refractivity contribution in [2.45, 2.75) is 6.42 Å². The van der Waals surface area contributed by atoms with Gasteiger partial charge >= 0.3 is 0 Å². The quantitative estimate of drug-likeness (QED) is 0.608. The smallest absolute Gasteiger partial charge is 0.228 e. The first-order valence-electron chi connectivity index (χ1n) is 7.62. The van der Waals surface area contributed by atoms with E-state index < -0.39 is 0 Å². The summed E-state index contributed by atoms with van der Waals surface area (Å²) in [4.78, 5) is 16.6. The van der Waals surface area contributed by atoms with Crippen LogP contribution in [0, 0.1) is 5.82 Å². The fourth-order valence-corrected chi connectivity index (χ4v) is 3.39. The highest BCUT2D eigenvalue weighted by atomic mass is 32.1. The third-order valence-electron chi connectivity index (χ3n) is 3.60. The van der Waals surface area contributed by atoms with Crippen LogP contribution < -0.4 is 5.32 Å². The molecule has 2 aromatic heterocycles. The number of carbonyl (C=O) groups excluding carboxylic acids is 1. The summed E-state index contributed by atoms with van der Waals surface area (Å²) < 4.78 is 15.9. The van der Waals surface area contributed by atoms with Crippen LogP contribution in [-0.2, 0) is 11.2 Å². The van der Waals surface area contributed by atoms with Gasteiger partial charge in [0.15, 0.2) is 0 Å². The number of fused-ring (bicyclic) bond motifs is 1. The third-order valence-corrected chi connectivity index (χ3v) is 4.62. The highest BCUT2D eigenvalue weighted by Crippen LogP contribution is 2.24. The molecule has 4 aromatic rings. The number of halogens is 1. The van der Waals surface area contributed by atoms with E-state index in [4.69, 9.17) is 0 Å². The van der Waals surface area contributed by atoms with Crippen molar-refractivity contribution >= 4 is 33.1 Å². The molecule has 0 unspecified atom stereocenters. The van der Waals surface area contributed by atoms with E-state index in [0.717, 1.165) is 15.3 Å². The zero-order chi connectivity index (χ0) is 17.2. The number of thiazole rings is 1. The number of hydrogen-bond acceptors (Lipinski definition) is 4. The number of aromatic nitrogens is 3. The minimum atomic E-state index is -0.353. The largest absolute Gasteiger partial charge is 0.323 e. The van der Waals surface area contributed by atoms with E-state index in [2.05, 4.69) is 15.4 Å². The maximum Gasteiger partial charge on any atom is 0.228 e. The number of hydrogen-bond donors (Lipinski definition) is 1. The van der Waals surface area contributed by atoms with Gasteiger partial charge in [0.2, 0.25) is 11.0 Å². The highest BCUT2D eigenvalue weighted by Gasteiger charge is 2.10. The van der Waals surface area contributed by atoms with Gasteiger partial charge in [0.05, 0.1) is 34.7 Å². The van der Waals surface area contributed by atoms with Crippen LogP contribution in [0.3, 0.4) is 0 Å². The van der Waals surface area contributed by atoms with Crippen molar-refractivity contribution in [2.75, 3.05) is 5.32 Å². The molecule has 2 aromatic carbocycles. The van der Waals surface area contributed by atoms with Crippen LogP contribution in [0.25, 0.3) is 15.3 Å². The number of rotatable bonds is 4. The molecule has 0 saturated carbocycles. The number of benzene rings is 2. The molecule has 1 amide bonds. The van der Waals surface area contributed by atoms with E-state index in [1.54, 1.807) is 29.2 Å². The summed E-state index contributed by atoms with van der Waals surface area (Å²) in [5, 5.41) is 7.74. The lowest BCUT2D eigenvalue weighted by molar-refractivity contribution is -0.115. The Hall–Kier alpha value is -3.06. The molecule has 4 rings (SSSR count). The van der Waals surface area contributed by atoms with Crippen LogP contribution in [0.5, 0.6) is 0 Å². The Morgan fingerprint density at radius 3 is 2.92 bits per heavy atom. The Kier molecular flexibility index (Phi) is 3.99. The van der Waals surface area contributed by atoms with Gasteiger partial charge < -0.3 is 5.32 Å². The lowest BCUT2D eigenvalue weighted by Gasteiger charge is -2.02. The van der Waals surface area contributed by atoms with Crippen LogP contribution in [0.2, 0.25) is 0 Å². The molecule has 0 atom stereocenters. The average Bonchev–Trinajstić information content (AvgIpc) is 3.20. The SMILES string of the molecule is O=C(Cc1cccc(F)c1)Nc1cnn(-c2nc3ccccc3s2)c1. The molecule has 0 aliphatic heterocycles. The van der Waals surface area contributed by atoms with E-state index >= 15 is 0 Å². The Morgan fingerprint density at radius 2 is 2.08 bits per heavy atom. The number of para-hydroxylation sites is 1. The van der Waals surface area contributed by atoms with Crippen molar-refractivity contribution in [1.29, 1.82) is 0 Å². The summed E-state index contributed by atoms with van der Waals surface area (Å²) in [5.74, 6) is -0.580. The fraction of sp³-hybridized carbons (Fsp3) is 0.0556. The molecule has 2 heterocycles. The monoisotopic (exact) mass is 352 g/mol. The number of nitrogens with one attached hydrogen (secondary N) is 1. The van der Waals surface area contributed by atoms with Crippen molar-refractivity contribution in [1.82, 2.24) is 14.8 Å². The fourth-order valence-electron chi connectivity index (χ4n) is 2.49. The van der Waals surface area contributed by atoms with Crippen molar-refractivity contribution in [3.8, 4) is 5.13 Å².